The molecule has 1 aromatic heterocycles. The van der Waals surface area contributed by atoms with Crippen LogP contribution in [-0.4, -0.2) is 59.8 Å². The number of fused-ring (bicyclic) bond motifs is 2. The summed E-state index contributed by atoms with van der Waals surface area (Å²) in [6.07, 6.45) is 13.8. The van der Waals surface area contributed by atoms with Crippen LogP contribution in [-0.2, 0) is 19.8 Å². The number of unbranched alkanes of at least 4 members (excludes halogenated alkanes) is 2. The van der Waals surface area contributed by atoms with E-state index in [1.807, 2.05) is 12.1 Å². The van der Waals surface area contributed by atoms with Crippen molar-refractivity contribution in [1.82, 2.24) is 14.4 Å². The molecule has 0 spiro atoms. The lowest BCUT2D eigenvalue weighted by molar-refractivity contribution is -0.674. The predicted molar refractivity (Wildman–Crippen MR) is 189 cm³/mol. The molecule has 3 heterocycles. The van der Waals surface area contributed by atoms with E-state index in [1.54, 1.807) is 0 Å². The monoisotopic (exact) mass is 655 g/mol. The van der Waals surface area contributed by atoms with E-state index in [0.717, 1.165) is 100 Å². The van der Waals surface area contributed by atoms with Crippen LogP contribution in [0.15, 0.2) is 42.7 Å². The van der Waals surface area contributed by atoms with Crippen LogP contribution in [0.5, 0.6) is 0 Å². The third-order valence-corrected chi connectivity index (χ3v) is 10.1. The molecule has 0 bridgehead atoms. The van der Waals surface area contributed by atoms with Crippen LogP contribution in [0, 0.1) is 6.92 Å². The fourth-order valence-corrected chi connectivity index (χ4v) is 7.07. The number of piperazine rings is 1. The Hall–Kier alpha value is -2.90. The maximum Gasteiger partial charge on any atom is 0.283 e. The topological polar surface area (TPSA) is 21.8 Å². The van der Waals surface area contributed by atoms with Crippen molar-refractivity contribution >= 4 is 51.7 Å². The third-order valence-electron chi connectivity index (χ3n) is 9.33. The van der Waals surface area contributed by atoms with Crippen LogP contribution in [0.3, 0.4) is 0 Å². The summed E-state index contributed by atoms with van der Waals surface area (Å²) in [5.74, 6) is 1.23. The number of alkyl halides is 1. The number of aryl methyl sites for hydroxylation is 3. The highest BCUT2D eigenvalue weighted by atomic mass is 35.5. The second-order valence-corrected chi connectivity index (χ2v) is 13.1. The number of hydrogen-bond acceptors (Lipinski definition) is 4. The number of hydrogen-bond donors (Lipinski definition) is 0. The van der Waals surface area contributed by atoms with Gasteiger partial charge in [0, 0.05) is 73.2 Å². The molecule has 2 aliphatic rings. The Morgan fingerprint density at radius 3 is 2.18 bits per heavy atom. The van der Waals surface area contributed by atoms with Crippen molar-refractivity contribution in [2.24, 2.45) is 0 Å². The molecule has 0 amide bonds. The molecule has 244 valence electrons. The molecular formula is C36H50Cl2FN6+. The Labute approximate surface area is 279 Å². The minimum absolute atomic E-state index is 0.0899. The van der Waals surface area contributed by atoms with Crippen molar-refractivity contribution in [2.45, 2.75) is 86.2 Å². The summed E-state index contributed by atoms with van der Waals surface area (Å²) in [5, 5.41) is 1.33. The van der Waals surface area contributed by atoms with Gasteiger partial charge in [-0.2, -0.15) is 0 Å². The van der Waals surface area contributed by atoms with Gasteiger partial charge in [-0.1, -0.05) is 49.9 Å². The van der Waals surface area contributed by atoms with E-state index in [2.05, 4.69) is 100 Å². The van der Waals surface area contributed by atoms with E-state index in [0.29, 0.717) is 10.6 Å². The zero-order chi connectivity index (χ0) is 32.1. The first-order chi connectivity index (χ1) is 21.8. The summed E-state index contributed by atoms with van der Waals surface area (Å²) < 4.78 is 18.6. The summed E-state index contributed by atoms with van der Waals surface area (Å²) in [7, 11) is 0. The molecule has 9 heteroatoms. The smallest absolute Gasteiger partial charge is 0.283 e. The van der Waals surface area contributed by atoms with Gasteiger partial charge in [-0.15, -0.1) is 0 Å². The Morgan fingerprint density at radius 2 is 1.53 bits per heavy atom. The Balaban J connectivity index is 1.30. The van der Waals surface area contributed by atoms with Gasteiger partial charge < -0.3 is 19.6 Å². The lowest BCUT2D eigenvalue weighted by Crippen LogP contribution is -2.44. The van der Waals surface area contributed by atoms with E-state index in [-0.39, 0.29) is 6.17 Å². The first-order valence-electron chi connectivity index (χ1n) is 16.8. The first-order valence-corrected chi connectivity index (χ1v) is 17.6. The molecular weight excluding hydrogens is 606 g/mol. The van der Waals surface area contributed by atoms with E-state index in [9.17, 15) is 4.39 Å². The quantitative estimate of drug-likeness (QED) is 0.172. The third kappa shape index (κ3) is 6.95. The summed E-state index contributed by atoms with van der Waals surface area (Å²) >= 11 is 13.0. The molecule has 0 saturated carbocycles. The van der Waals surface area contributed by atoms with Crippen LogP contribution >= 0.6 is 23.2 Å². The largest absolute Gasteiger partial charge is 0.374 e. The van der Waals surface area contributed by atoms with Crippen LogP contribution < -0.4 is 14.4 Å². The Kier molecular flexibility index (Phi) is 11.2. The van der Waals surface area contributed by atoms with Gasteiger partial charge >= 0.3 is 0 Å². The van der Waals surface area contributed by atoms with Crippen LogP contribution in [0.4, 0.5) is 15.8 Å². The van der Waals surface area contributed by atoms with Crippen molar-refractivity contribution < 1.29 is 8.96 Å². The summed E-state index contributed by atoms with van der Waals surface area (Å²) in [6, 6.07) is 8.27. The highest BCUT2D eigenvalue weighted by Gasteiger charge is 2.34. The normalized spacial score (nSPS) is 17.2. The van der Waals surface area contributed by atoms with E-state index < -0.39 is 6.67 Å². The number of benzene rings is 2. The minimum atomic E-state index is -0.549. The SMILES string of the molecule is CCCCN1c2cc(CF)c(Cl)cc2N(CC)C1/C=C/N1CCN(/C=C/c2n(CC)c3cc(Cl)c(C)cc3[n+]2CCCC)CC1. The summed E-state index contributed by atoms with van der Waals surface area (Å²) in [5.41, 5.74) is 6.32. The fourth-order valence-electron chi connectivity index (χ4n) is 6.71. The molecule has 6 nitrogen and oxygen atoms in total. The number of anilines is 2. The van der Waals surface area contributed by atoms with Gasteiger partial charge in [-0.3, -0.25) is 0 Å². The lowest BCUT2D eigenvalue weighted by atomic mass is 10.1. The first kappa shape index (κ1) is 33.5. The molecule has 1 atom stereocenters. The van der Waals surface area contributed by atoms with Crippen molar-refractivity contribution in [3.8, 4) is 0 Å². The molecule has 0 radical (unpaired) electrons. The molecule has 2 aliphatic heterocycles. The predicted octanol–water partition coefficient (Wildman–Crippen LogP) is 8.41. The Bertz CT molecular complexity index is 1520. The van der Waals surface area contributed by atoms with Gasteiger partial charge in [0.2, 0.25) is 0 Å². The molecule has 1 unspecified atom stereocenters. The van der Waals surface area contributed by atoms with Gasteiger partial charge in [-0.25, -0.2) is 13.5 Å². The molecule has 0 aliphatic carbocycles. The number of aromatic nitrogens is 2. The molecule has 45 heavy (non-hydrogen) atoms. The van der Waals surface area contributed by atoms with Crippen molar-refractivity contribution in [1.29, 1.82) is 0 Å². The highest BCUT2D eigenvalue weighted by Crippen LogP contribution is 2.43. The van der Waals surface area contributed by atoms with E-state index >= 15 is 0 Å². The molecule has 3 aromatic rings. The fraction of sp³-hybridized carbons (Fsp3) is 0.528. The van der Waals surface area contributed by atoms with Crippen LogP contribution in [0.1, 0.15) is 70.3 Å². The number of likely N-dealkylation sites (N-methyl/N-ethyl adjacent to an activating group) is 1. The number of nitrogens with zero attached hydrogens (tertiary/aromatic N) is 6. The molecule has 2 aromatic carbocycles. The molecule has 1 fully saturated rings. The average Bonchev–Trinajstić information content (AvgIpc) is 3.49. The standard InChI is InChI=1S/C36H50Cl2FN6/c1-6-10-14-44-31-22-27(5)29(37)24-33(31)42(8-3)35(44)12-16-40-18-20-41(21-19-40)17-13-36-43(9-4)34-25-30(38)28(26-39)23-32(34)45(36)15-11-7-2/h12-13,16-17,22-25,36H,6-11,14-15,18-21,26H2,1-5H3/q+1/b17-13+. The summed E-state index contributed by atoms with van der Waals surface area (Å²) in [4.78, 5) is 9.66. The number of imidazole rings is 1. The number of rotatable bonds is 13. The number of halogens is 3. The van der Waals surface area contributed by atoms with Gasteiger partial charge in [0.1, 0.15) is 12.8 Å². The van der Waals surface area contributed by atoms with Gasteiger partial charge in [0.25, 0.3) is 5.82 Å². The molecule has 0 N–H and O–H groups in total. The van der Waals surface area contributed by atoms with E-state index in [1.165, 1.54) is 16.9 Å². The van der Waals surface area contributed by atoms with Gasteiger partial charge in [0.05, 0.1) is 24.5 Å². The maximum absolute atomic E-state index is 13.7. The highest BCUT2D eigenvalue weighted by molar-refractivity contribution is 6.32. The van der Waals surface area contributed by atoms with Gasteiger partial charge in [-0.05, 0) is 69.7 Å². The van der Waals surface area contributed by atoms with Crippen molar-refractivity contribution in [2.75, 3.05) is 49.1 Å². The lowest BCUT2D eigenvalue weighted by Gasteiger charge is -2.35. The van der Waals surface area contributed by atoms with Crippen LogP contribution in [0.2, 0.25) is 10.0 Å². The summed E-state index contributed by atoms with van der Waals surface area (Å²) in [6.45, 7) is 17.9. The molecule has 1 saturated heterocycles. The zero-order valence-corrected chi connectivity index (χ0v) is 29.2. The van der Waals surface area contributed by atoms with Gasteiger partial charge in [0.15, 0.2) is 11.0 Å². The maximum atomic E-state index is 13.7. The van der Waals surface area contributed by atoms with E-state index in [4.69, 9.17) is 23.2 Å². The molecule has 5 rings (SSSR count). The second kappa shape index (κ2) is 15.1. The zero-order valence-electron chi connectivity index (χ0n) is 27.7. The minimum Gasteiger partial charge on any atom is -0.374 e. The van der Waals surface area contributed by atoms with Crippen molar-refractivity contribution in [3.05, 3.63) is 69.7 Å². The second-order valence-electron chi connectivity index (χ2n) is 12.2. The average molecular weight is 657 g/mol. The van der Waals surface area contributed by atoms with Crippen LogP contribution in [0.25, 0.3) is 17.1 Å². The van der Waals surface area contributed by atoms with Crippen molar-refractivity contribution in [3.63, 3.8) is 0 Å². The Morgan fingerprint density at radius 1 is 0.844 bits per heavy atom.